The number of rotatable bonds is 8. The summed E-state index contributed by atoms with van der Waals surface area (Å²) in [7, 11) is -1.00. The smallest absolute Gasteiger partial charge is 0.455 e. The van der Waals surface area contributed by atoms with Crippen molar-refractivity contribution in [2.75, 3.05) is 6.54 Å². The van der Waals surface area contributed by atoms with Crippen LogP contribution < -0.4 is 0 Å². The van der Waals surface area contributed by atoms with E-state index in [0.717, 1.165) is 23.3 Å². The number of benzene rings is 1. The lowest BCUT2D eigenvalue weighted by Gasteiger charge is -2.44. The summed E-state index contributed by atoms with van der Waals surface area (Å²) in [5.74, 6) is -0.780. The first-order valence-corrected chi connectivity index (χ1v) is 14.1. The molecule has 0 saturated carbocycles. The Balaban J connectivity index is 1.49. The van der Waals surface area contributed by atoms with Crippen molar-refractivity contribution in [1.82, 2.24) is 9.88 Å². The fourth-order valence-corrected chi connectivity index (χ4v) is 6.67. The van der Waals surface area contributed by atoms with Crippen LogP contribution in [-0.4, -0.2) is 51.6 Å². The van der Waals surface area contributed by atoms with Crippen molar-refractivity contribution in [3.63, 3.8) is 0 Å². The third kappa shape index (κ3) is 5.32. The van der Waals surface area contributed by atoms with E-state index in [0.29, 0.717) is 37.7 Å². The molecule has 0 unspecified atom stereocenters. The van der Waals surface area contributed by atoms with Crippen LogP contribution in [0, 0.1) is 23.7 Å². The van der Waals surface area contributed by atoms with E-state index in [1.807, 2.05) is 43.3 Å². The summed E-state index contributed by atoms with van der Waals surface area (Å²) >= 11 is 0. The molecule has 1 aliphatic carbocycles. The summed E-state index contributed by atoms with van der Waals surface area (Å²) in [6, 6.07) is 12.9. The highest BCUT2D eigenvalue weighted by atomic mass is 16.5. The lowest BCUT2D eigenvalue weighted by Crippen LogP contribution is -2.46. The van der Waals surface area contributed by atoms with E-state index < -0.39 is 13.0 Å². The van der Waals surface area contributed by atoms with E-state index >= 15 is 0 Å². The fourth-order valence-electron chi connectivity index (χ4n) is 6.67. The third-order valence-electron chi connectivity index (χ3n) is 8.42. The number of carbonyl (C=O) groups excluding carboxylic acids is 2. The molecule has 39 heavy (non-hydrogen) atoms. The van der Waals surface area contributed by atoms with Gasteiger partial charge in [-0.3, -0.25) is 19.5 Å². The highest BCUT2D eigenvalue weighted by Gasteiger charge is 2.57. The number of hydrogen-bond donors (Lipinski definition) is 2. The lowest BCUT2D eigenvalue weighted by atomic mass is 9.57. The summed E-state index contributed by atoms with van der Waals surface area (Å²) in [6.45, 7) is 6.67. The fraction of sp³-hybridized carbons (Fsp3) is 0.452. The van der Waals surface area contributed by atoms with Gasteiger partial charge in [-0.25, -0.2) is 0 Å². The molecule has 5 rings (SSSR count). The van der Waals surface area contributed by atoms with Gasteiger partial charge in [0, 0.05) is 18.3 Å². The van der Waals surface area contributed by atoms with Gasteiger partial charge in [0.2, 0.25) is 11.8 Å². The maximum Gasteiger partial charge on any atom is 0.455 e. The summed E-state index contributed by atoms with van der Waals surface area (Å²) in [5, 5.41) is 21.2. The molecule has 4 atom stereocenters. The number of likely N-dealkylation sites (tertiary alicyclic amines) is 1. The molecule has 8 heteroatoms. The number of phenolic OH excluding ortho intramolecular Hbond substituents is 1. The van der Waals surface area contributed by atoms with Gasteiger partial charge in [0.25, 0.3) is 0 Å². The number of hydrogen-bond acceptors (Lipinski definition) is 6. The molecule has 204 valence electrons. The second-order valence-corrected chi connectivity index (χ2v) is 11.2. The van der Waals surface area contributed by atoms with Gasteiger partial charge in [0.1, 0.15) is 5.75 Å². The number of aromatic nitrogens is 1. The first kappa shape index (κ1) is 27.3. The average Bonchev–Trinajstić information content (AvgIpc) is 3.16. The molecule has 1 aromatic carbocycles. The summed E-state index contributed by atoms with van der Waals surface area (Å²) in [6.07, 6.45) is 6.10. The average molecular weight is 528 g/mol. The van der Waals surface area contributed by atoms with Crippen LogP contribution in [0.4, 0.5) is 0 Å². The lowest BCUT2D eigenvalue weighted by molar-refractivity contribution is -0.140. The molecule has 3 aliphatic rings. The molecule has 2 aliphatic heterocycles. The van der Waals surface area contributed by atoms with Crippen LogP contribution in [-0.2, 0) is 14.2 Å². The molecule has 2 N–H and O–H groups in total. The van der Waals surface area contributed by atoms with Crippen molar-refractivity contribution >= 4 is 30.6 Å². The monoisotopic (exact) mass is 528 g/mol. The van der Waals surface area contributed by atoms with E-state index in [1.165, 1.54) is 10.5 Å². The summed E-state index contributed by atoms with van der Waals surface area (Å²) < 4.78 is 6.17. The van der Waals surface area contributed by atoms with Crippen molar-refractivity contribution in [3.8, 4) is 5.75 Å². The maximum atomic E-state index is 13.5. The van der Waals surface area contributed by atoms with Crippen molar-refractivity contribution in [1.29, 1.82) is 0 Å². The molecule has 0 spiro atoms. The molecule has 2 fully saturated rings. The molecular formula is C31H37BN2O5. The predicted octanol–water partition coefficient (Wildman–Crippen LogP) is 4.97. The van der Waals surface area contributed by atoms with Crippen molar-refractivity contribution < 1.29 is 24.4 Å². The topological polar surface area (TPSA) is 100.0 Å². The minimum atomic E-state index is -1.00. The Morgan fingerprint density at radius 2 is 1.92 bits per heavy atom. The zero-order chi connectivity index (χ0) is 27.7. The van der Waals surface area contributed by atoms with Crippen LogP contribution in [0.25, 0.3) is 11.6 Å². The molecule has 3 heterocycles. The van der Waals surface area contributed by atoms with E-state index in [1.54, 1.807) is 18.3 Å². The van der Waals surface area contributed by atoms with Gasteiger partial charge in [-0.1, -0.05) is 50.6 Å². The van der Waals surface area contributed by atoms with E-state index in [2.05, 4.69) is 18.8 Å². The van der Waals surface area contributed by atoms with Crippen LogP contribution in [0.1, 0.15) is 57.7 Å². The number of allylic oxidation sites excluding steroid dienone is 2. The molecule has 2 amide bonds. The van der Waals surface area contributed by atoms with Crippen molar-refractivity contribution in [3.05, 3.63) is 71.1 Å². The van der Waals surface area contributed by atoms with Crippen molar-refractivity contribution in [2.45, 2.75) is 58.9 Å². The number of amides is 2. The molecule has 0 bridgehead atoms. The molecular weight excluding hydrogens is 491 g/mol. The number of para-hydroxylation sites is 1. The molecule has 1 aromatic heterocycles. The Kier molecular flexibility index (Phi) is 8.05. The minimum Gasteiger partial charge on any atom is -0.507 e. The zero-order valence-electron chi connectivity index (χ0n) is 22.9. The number of pyridine rings is 1. The van der Waals surface area contributed by atoms with Gasteiger partial charge >= 0.3 is 7.12 Å². The van der Waals surface area contributed by atoms with Crippen molar-refractivity contribution in [2.24, 2.45) is 23.7 Å². The summed E-state index contributed by atoms with van der Waals surface area (Å²) in [4.78, 5) is 32.8. The first-order chi connectivity index (χ1) is 18.8. The van der Waals surface area contributed by atoms with Crippen LogP contribution >= 0.6 is 0 Å². The SMILES string of the molecule is CCCN1C(=O)[C@@H]2[C@@H](CC(C(C)C)=C3[C@@H](CC/C(=C/c4ccccc4O)c4ccccn4)OB(O)C[C@@H]32)C1=O. The van der Waals surface area contributed by atoms with Gasteiger partial charge in [0.15, 0.2) is 0 Å². The zero-order valence-corrected chi connectivity index (χ0v) is 22.9. The van der Waals surface area contributed by atoms with E-state index in [4.69, 9.17) is 4.65 Å². The Labute approximate surface area is 230 Å². The number of carbonyl (C=O) groups is 2. The highest BCUT2D eigenvalue weighted by Crippen LogP contribution is 2.52. The van der Waals surface area contributed by atoms with Crippen LogP contribution in [0.15, 0.2) is 59.8 Å². The number of imide groups is 1. The van der Waals surface area contributed by atoms with E-state index in [9.17, 15) is 19.7 Å². The van der Waals surface area contributed by atoms with Gasteiger partial charge in [0.05, 0.1) is 23.6 Å². The Bertz CT molecular complexity index is 1290. The van der Waals surface area contributed by atoms with Gasteiger partial charge < -0.3 is 14.8 Å². The van der Waals surface area contributed by atoms with Crippen LogP contribution in [0.3, 0.4) is 0 Å². The van der Waals surface area contributed by atoms with Gasteiger partial charge in [-0.2, -0.15) is 0 Å². The normalized spacial score (nSPS) is 25.4. The standard InChI is InChI=1S/C31H37BN2O5/c1-4-15-34-30(36)23-17-22(19(2)3)28-24(29(23)31(34)37)18-32(38)39-27(28)13-12-20(25-10-7-8-14-33-25)16-21-9-5-6-11-26(21)35/h5-11,14,16,19,23-24,27,29,35,38H,4,12-13,15,17-18H2,1-3H3/b20-16-/t23-,24+,27-,29-/m1/s1. The van der Waals surface area contributed by atoms with E-state index in [-0.39, 0.29) is 41.4 Å². The highest BCUT2D eigenvalue weighted by molar-refractivity contribution is 6.43. The third-order valence-corrected chi connectivity index (χ3v) is 8.42. The van der Waals surface area contributed by atoms with Gasteiger partial charge in [-0.15, -0.1) is 0 Å². The number of phenols is 1. The Hall–Kier alpha value is -3.23. The number of aromatic hydroxyl groups is 1. The Morgan fingerprint density at radius 3 is 2.62 bits per heavy atom. The minimum absolute atomic E-state index is 0.0652. The number of fused-ring (bicyclic) bond motifs is 3. The van der Waals surface area contributed by atoms with Crippen LogP contribution in [0.2, 0.25) is 6.32 Å². The van der Waals surface area contributed by atoms with Gasteiger partial charge in [-0.05, 0) is 79.3 Å². The molecule has 2 aromatic rings. The molecule has 7 nitrogen and oxygen atoms in total. The molecule has 0 radical (unpaired) electrons. The maximum absolute atomic E-state index is 13.5. The second kappa shape index (κ2) is 11.5. The second-order valence-electron chi connectivity index (χ2n) is 11.2. The first-order valence-electron chi connectivity index (χ1n) is 14.1. The number of nitrogens with zero attached hydrogens (tertiary/aromatic N) is 2. The molecule has 2 saturated heterocycles. The largest absolute Gasteiger partial charge is 0.507 e. The Morgan fingerprint density at radius 1 is 1.15 bits per heavy atom. The van der Waals surface area contributed by atoms with Crippen LogP contribution in [0.5, 0.6) is 5.75 Å². The summed E-state index contributed by atoms with van der Waals surface area (Å²) in [5.41, 5.74) is 4.73. The quantitative estimate of drug-likeness (QED) is 0.285. The predicted molar refractivity (Wildman–Crippen MR) is 151 cm³/mol.